The van der Waals surface area contributed by atoms with E-state index in [2.05, 4.69) is 69.6 Å². The van der Waals surface area contributed by atoms with Crippen LogP contribution in [0, 0.1) is 24.2 Å². The van der Waals surface area contributed by atoms with Crippen molar-refractivity contribution < 1.29 is 123 Å². The standard InChI is InChI=1S/C25H24N4O4.C22H23F3N2O7S.C21H24N2O5.C8H5F6NO4S2.C6H6N2.CH3F/c1-25(2)8-7-20-17-9-15(5-6-16-12-26-14-27(16)3)23(33-4)10-18(17)21-11-22(30)19(24(31)32)13-28(21)29(20)25;1-5-33-20(29)14-11-26-16(10-17(14)28)13-8-18(32-4)19(34-35(30,31)22(23,24)25)9-12(13)15-6-7-21(2,3)27(15)26;1-5-28-20(26)14-11-22-16(10-17(14)24)13-9-19(27-4)18(25)8-12(13)15-6-7-21(2,3)23(15)22;9-7(10,11)20(16,17)15(6-4-2-1-3-5-6)21(18,19)8(12,13)14;1-3-6-4-7-5-8(6)2;1-2/h9-14,20H,7-8H2,1-4H3,(H,31,32);8-11,15H,5-7H2,1-4H3;8-11,15,25H,5-7H2,1-4H3;1-5H;1,4-5H,2H3;1H3/t20-;2*15-;;;/m111.../s1/i;;;;;1D. The number of phenolic OH excluding ortho intramolecular Hbond substituents is 1. The van der Waals surface area contributed by atoms with Crippen LogP contribution in [0.1, 0.15) is 178 Å². The summed E-state index contributed by atoms with van der Waals surface area (Å²) in [6.07, 6.45) is 21.1. The van der Waals surface area contributed by atoms with E-state index < -0.39 is 115 Å². The average Bonchev–Trinajstić information content (AvgIpc) is 1.49. The zero-order valence-corrected chi connectivity index (χ0v) is 72.4. The number of nitrogens with zero attached hydrogens (tertiary/aromatic N) is 11. The van der Waals surface area contributed by atoms with Gasteiger partial charge < -0.3 is 47.2 Å². The lowest BCUT2D eigenvalue weighted by atomic mass is 9.92. The van der Waals surface area contributed by atoms with Crippen molar-refractivity contribution in [2.45, 2.75) is 145 Å². The van der Waals surface area contributed by atoms with E-state index in [1.807, 2.05) is 59.0 Å². The fourth-order valence-corrected chi connectivity index (χ4v) is 18.7. The second-order valence-electron chi connectivity index (χ2n) is 30.7. The first-order chi connectivity index (χ1) is 59.7. The summed E-state index contributed by atoms with van der Waals surface area (Å²) in [5, 5.41) is 26.1. The summed E-state index contributed by atoms with van der Waals surface area (Å²) in [5.41, 5.74) is -13.6. The van der Waals surface area contributed by atoms with Gasteiger partial charge in [-0.2, -0.15) is 64.8 Å². The van der Waals surface area contributed by atoms with Gasteiger partial charge in [0.05, 0.1) is 131 Å². The van der Waals surface area contributed by atoms with Crippen LogP contribution in [0.2, 0.25) is 0 Å². The van der Waals surface area contributed by atoms with E-state index >= 15 is 0 Å². The number of ether oxygens (including phenoxy) is 5. The predicted molar refractivity (Wildman–Crippen MR) is 443 cm³/mol. The first kappa shape index (κ1) is 94.7. The van der Waals surface area contributed by atoms with Crippen LogP contribution >= 0.6 is 0 Å². The van der Waals surface area contributed by atoms with Crippen molar-refractivity contribution in [2.24, 2.45) is 14.1 Å². The van der Waals surface area contributed by atoms with Gasteiger partial charge in [-0.25, -0.2) is 24.4 Å². The van der Waals surface area contributed by atoms with Crippen molar-refractivity contribution in [3.05, 3.63) is 210 Å². The minimum atomic E-state index is -6.81. The van der Waals surface area contributed by atoms with E-state index in [0.717, 1.165) is 90.2 Å². The monoisotopic (exact) mass is 1840 g/mol. The molecule has 6 aliphatic heterocycles. The van der Waals surface area contributed by atoms with Crippen LogP contribution in [0.4, 0.5) is 49.6 Å². The molecule has 0 saturated carbocycles. The van der Waals surface area contributed by atoms with Crippen LogP contribution in [0.15, 0.2) is 143 Å². The second-order valence-corrected chi connectivity index (χ2v) is 36.0. The predicted octanol–water partition coefficient (Wildman–Crippen LogP) is 12.6. The molecule has 0 bridgehead atoms. The van der Waals surface area contributed by atoms with Crippen molar-refractivity contribution in [3.63, 3.8) is 0 Å². The number of alkyl halides is 10. The van der Waals surface area contributed by atoms with Crippen LogP contribution in [0.3, 0.4) is 0 Å². The number of benzene rings is 4. The molecule has 4 aromatic carbocycles. The molecule has 0 aliphatic carbocycles. The number of methoxy groups -OCH3 is 3. The molecule has 31 nitrogen and oxygen atoms in total. The summed E-state index contributed by atoms with van der Waals surface area (Å²) in [7, 11) is -12.6. The van der Waals surface area contributed by atoms with Gasteiger partial charge in [0.15, 0.2) is 39.3 Å². The number of pyridine rings is 3. The van der Waals surface area contributed by atoms with Crippen molar-refractivity contribution in [1.29, 1.82) is 0 Å². The Labute approximate surface area is 722 Å². The van der Waals surface area contributed by atoms with E-state index in [1.165, 1.54) is 49.8 Å². The third-order valence-corrected chi connectivity index (χ3v) is 26.0. The second kappa shape index (κ2) is 36.2. The number of esters is 2. The number of para-hydroxylation sites is 1. The lowest BCUT2D eigenvalue weighted by molar-refractivity contribution is -0.0502. The van der Waals surface area contributed by atoms with Crippen molar-refractivity contribution >= 4 is 53.8 Å². The quantitative estimate of drug-likeness (QED) is 0.0356. The maximum absolute atomic E-state index is 13.0. The number of phenols is 1. The number of aromatic carboxylic acids is 1. The number of sulfonamides is 2. The molecule has 0 unspecified atom stereocenters. The van der Waals surface area contributed by atoms with Crippen LogP contribution in [-0.4, -0.2) is 161 Å². The van der Waals surface area contributed by atoms with Gasteiger partial charge in [0, 0.05) is 67.6 Å². The molecule has 15 rings (SSSR count). The molecule has 3 atom stereocenters. The minimum Gasteiger partial charge on any atom is -0.504 e. The number of aromatic hydroxyl groups is 1. The highest BCUT2D eigenvalue weighted by Crippen LogP contribution is 2.54. The summed E-state index contributed by atoms with van der Waals surface area (Å²) in [6, 6.07) is 17.5. The number of carbonyl (C=O) groups is 3. The molecule has 680 valence electrons. The van der Waals surface area contributed by atoms with Crippen LogP contribution in [-0.2, 0) is 53.7 Å². The number of hydrogen-bond donors (Lipinski definition) is 2. The largest absolute Gasteiger partial charge is 0.534 e. The molecular formula is C83H85F10N11O20S3. The number of imidazole rings is 2. The molecule has 6 aliphatic rings. The first-order valence-electron chi connectivity index (χ1n) is 38.8. The number of aromatic nitrogens is 7. The number of anilines is 1. The highest BCUT2D eigenvalue weighted by Gasteiger charge is 2.62. The van der Waals surface area contributed by atoms with Crippen molar-refractivity contribution in [1.82, 2.24) is 33.1 Å². The van der Waals surface area contributed by atoms with Gasteiger partial charge >= 0.3 is 64.6 Å². The molecule has 3 fully saturated rings. The van der Waals surface area contributed by atoms with Crippen molar-refractivity contribution in [2.75, 3.05) is 60.4 Å². The Hall–Kier alpha value is -13.0. The topological polar surface area (TPSA) is 364 Å². The Bertz CT molecular complexity index is 6430. The van der Waals surface area contributed by atoms with Crippen molar-refractivity contribution in [3.8, 4) is 86.7 Å². The van der Waals surface area contributed by atoms with E-state index in [9.17, 15) is 108 Å². The zero-order valence-electron chi connectivity index (χ0n) is 71.0. The third kappa shape index (κ3) is 18.6. The number of carbonyl (C=O) groups excluding carboxylic acids is 2. The maximum atomic E-state index is 13.0. The highest BCUT2D eigenvalue weighted by atomic mass is 32.3. The van der Waals surface area contributed by atoms with E-state index in [-0.39, 0.29) is 64.6 Å². The fourth-order valence-electron chi connectivity index (χ4n) is 15.5. The first-order valence-corrected chi connectivity index (χ1v) is 42.4. The molecule has 11 heterocycles. The zero-order chi connectivity index (χ0) is 95.0. The van der Waals surface area contributed by atoms with E-state index in [4.69, 9.17) is 31.5 Å². The molecule has 127 heavy (non-hydrogen) atoms. The molecule has 2 N–H and O–H groups in total. The Morgan fingerprint density at radius 2 is 0.929 bits per heavy atom. The summed E-state index contributed by atoms with van der Waals surface area (Å²) >= 11 is 0. The van der Waals surface area contributed by atoms with Gasteiger partial charge in [0.2, 0.25) is 0 Å². The molecule has 44 heteroatoms. The summed E-state index contributed by atoms with van der Waals surface area (Å²) in [4.78, 5) is 82.3. The van der Waals surface area contributed by atoms with Gasteiger partial charge in [-0.15, -0.1) is 10.1 Å². The minimum absolute atomic E-state index is 0.0150. The number of fused-ring (bicyclic) bond motifs is 18. The van der Waals surface area contributed by atoms with Crippen LogP contribution in [0.5, 0.6) is 28.7 Å². The molecular weight excluding hydrogens is 1760 g/mol. The average molecular weight is 1840 g/mol. The summed E-state index contributed by atoms with van der Waals surface area (Å²) in [6.45, 7) is 16.0. The number of aryl methyl sites for hydroxylation is 2. The number of terminal acetylenes is 1. The molecule has 9 aromatic rings. The Morgan fingerprint density at radius 1 is 0.551 bits per heavy atom. The Kier molecular flexibility index (Phi) is 27.0. The van der Waals surface area contributed by atoms with Crippen LogP contribution in [0.25, 0.3) is 33.8 Å². The fraction of sp³-hybridized carbons (Fsp3) is 0.373. The Morgan fingerprint density at radius 3 is 1.29 bits per heavy atom. The smallest absolute Gasteiger partial charge is 0.504 e. The normalized spacial score (nSPS) is 16.8. The summed E-state index contributed by atoms with van der Waals surface area (Å²) in [5.74, 6) is 6.35. The van der Waals surface area contributed by atoms with Gasteiger partial charge in [-0.3, -0.25) is 47.8 Å². The number of carboxylic acids is 1. The molecule has 3 saturated heterocycles. The SMILES string of the molecule is C#Cc1cncn1C.CCOC(=O)c1cn2c(cc1=O)-c1cc(OC)c(O)cc1[C@H]1CCC(C)(C)N12.CCOC(=O)c1cn2c(cc1=O)-c1cc(OC)c(OS(=O)(=O)C(F)(F)F)cc1[C@H]1CCC(C)(C)N12.COc1cc2c(cc1C#Cc1cncn1C)[C@H]1CCC(C)(C)N1n1cc(C(=O)O)c(=O)cc1-2.O=S(=O)(N(c1ccccc1)S(=O)(=O)C(F)(F)F)C(F)(F)F.[2H]CF. The van der Waals surface area contributed by atoms with E-state index in [0.29, 0.717) is 64.7 Å². The number of carboxylic acid groups (broad SMARTS) is 1. The van der Waals surface area contributed by atoms with Gasteiger partial charge in [-0.1, -0.05) is 30.0 Å². The molecule has 5 aromatic heterocycles. The third-order valence-electron chi connectivity index (χ3n) is 21.4. The lowest BCUT2D eigenvalue weighted by Gasteiger charge is -2.44. The number of rotatable bonds is 13. The van der Waals surface area contributed by atoms with Crippen LogP contribution < -0.4 is 53.4 Å². The van der Waals surface area contributed by atoms with Gasteiger partial charge in [0.1, 0.15) is 33.8 Å². The summed E-state index contributed by atoms with van der Waals surface area (Å²) < 4.78 is 235. The lowest BCUT2D eigenvalue weighted by Crippen LogP contribution is -2.50. The number of halogens is 10. The van der Waals surface area contributed by atoms with E-state index in [1.54, 1.807) is 73.6 Å². The van der Waals surface area contributed by atoms with Gasteiger partial charge in [-0.05, 0) is 165 Å². The molecule has 0 radical (unpaired) electrons. The Balaban J connectivity index is 0.000000173. The maximum Gasteiger partial charge on any atom is 0.534 e. The molecule has 0 amide bonds. The number of hydrogen-bond acceptors (Lipinski definition) is 24. The van der Waals surface area contributed by atoms with Gasteiger partial charge in [0.25, 0.3) is 0 Å². The highest BCUT2D eigenvalue weighted by molar-refractivity contribution is 8.11. The molecule has 0 spiro atoms.